The SMILES string of the molecule is CCCCc1ccc(N(c2ccccc2)c2ccc(N(c3ccc(Br)cc3)c3ccc(C=O)cc3)cc2)cc1. The lowest BCUT2D eigenvalue weighted by molar-refractivity contribution is 0.112. The van der Waals surface area contributed by atoms with Crippen LogP contribution in [0.2, 0.25) is 0 Å². The number of carbonyl (C=O) groups is 1. The van der Waals surface area contributed by atoms with Gasteiger partial charge in [-0.3, -0.25) is 4.79 Å². The Morgan fingerprint density at radius 3 is 1.44 bits per heavy atom. The Morgan fingerprint density at radius 2 is 0.974 bits per heavy atom. The Balaban J connectivity index is 1.53. The van der Waals surface area contributed by atoms with Gasteiger partial charge in [-0.25, -0.2) is 0 Å². The third kappa shape index (κ3) is 6.30. The van der Waals surface area contributed by atoms with Crippen LogP contribution in [0, 0.1) is 0 Å². The Kier molecular flexibility index (Phi) is 8.55. The van der Waals surface area contributed by atoms with Crippen LogP contribution in [0.5, 0.6) is 0 Å². The lowest BCUT2D eigenvalue weighted by Crippen LogP contribution is -2.12. The third-order valence-electron chi connectivity index (χ3n) is 6.77. The molecule has 0 aliphatic rings. The van der Waals surface area contributed by atoms with Crippen molar-refractivity contribution in [2.45, 2.75) is 26.2 Å². The van der Waals surface area contributed by atoms with Crippen LogP contribution in [0.4, 0.5) is 34.1 Å². The van der Waals surface area contributed by atoms with Crippen molar-refractivity contribution in [3.05, 3.63) is 143 Å². The van der Waals surface area contributed by atoms with Crippen molar-refractivity contribution in [1.29, 1.82) is 0 Å². The van der Waals surface area contributed by atoms with E-state index in [1.165, 1.54) is 18.4 Å². The standard InChI is InChI=1S/C35H31BrN2O/c1-2-3-7-27-10-16-31(17-11-27)37(30-8-5-4-6-9-30)34-22-24-35(25-23-34)38(33-20-14-29(36)15-21-33)32-18-12-28(26-39)13-19-32/h4-6,8-26H,2-3,7H2,1H3. The highest BCUT2D eigenvalue weighted by Crippen LogP contribution is 2.39. The normalized spacial score (nSPS) is 10.7. The summed E-state index contributed by atoms with van der Waals surface area (Å²) < 4.78 is 1.03. The molecule has 0 saturated carbocycles. The minimum Gasteiger partial charge on any atom is -0.311 e. The first-order valence-corrected chi connectivity index (χ1v) is 14.1. The molecule has 0 spiro atoms. The monoisotopic (exact) mass is 574 g/mol. The number of para-hydroxylation sites is 1. The van der Waals surface area contributed by atoms with E-state index in [1.807, 2.05) is 42.5 Å². The molecular weight excluding hydrogens is 544 g/mol. The Bertz CT molecular complexity index is 1480. The Hall–Kier alpha value is -4.15. The largest absolute Gasteiger partial charge is 0.311 e. The highest BCUT2D eigenvalue weighted by molar-refractivity contribution is 9.10. The first kappa shape index (κ1) is 26.5. The number of anilines is 6. The number of nitrogens with zero attached hydrogens (tertiary/aromatic N) is 2. The summed E-state index contributed by atoms with van der Waals surface area (Å²) in [5.41, 5.74) is 8.40. The smallest absolute Gasteiger partial charge is 0.150 e. The van der Waals surface area contributed by atoms with Crippen LogP contribution in [-0.2, 0) is 6.42 Å². The van der Waals surface area contributed by atoms with Crippen LogP contribution in [0.3, 0.4) is 0 Å². The first-order valence-electron chi connectivity index (χ1n) is 13.3. The van der Waals surface area contributed by atoms with E-state index in [4.69, 9.17) is 0 Å². The van der Waals surface area contributed by atoms with Crippen molar-refractivity contribution < 1.29 is 4.79 Å². The fourth-order valence-electron chi connectivity index (χ4n) is 4.71. The Morgan fingerprint density at radius 1 is 0.564 bits per heavy atom. The van der Waals surface area contributed by atoms with E-state index in [0.717, 1.165) is 51.3 Å². The fourth-order valence-corrected chi connectivity index (χ4v) is 4.97. The van der Waals surface area contributed by atoms with Gasteiger partial charge < -0.3 is 9.80 Å². The number of unbranched alkanes of at least 4 members (excludes halogenated alkanes) is 1. The van der Waals surface area contributed by atoms with Crippen LogP contribution < -0.4 is 9.80 Å². The van der Waals surface area contributed by atoms with Gasteiger partial charge in [0.15, 0.2) is 0 Å². The van der Waals surface area contributed by atoms with Crippen LogP contribution in [0.15, 0.2) is 132 Å². The lowest BCUT2D eigenvalue weighted by Gasteiger charge is -2.28. The zero-order chi connectivity index (χ0) is 27.0. The van der Waals surface area contributed by atoms with Crippen LogP contribution in [0.25, 0.3) is 0 Å². The molecule has 0 unspecified atom stereocenters. The summed E-state index contributed by atoms with van der Waals surface area (Å²) in [4.78, 5) is 15.7. The number of aryl methyl sites for hydroxylation is 1. The molecule has 0 bridgehead atoms. The second kappa shape index (κ2) is 12.6. The van der Waals surface area contributed by atoms with Crippen LogP contribution in [0.1, 0.15) is 35.7 Å². The van der Waals surface area contributed by atoms with Crippen molar-refractivity contribution in [3.8, 4) is 0 Å². The van der Waals surface area contributed by atoms with Crippen molar-refractivity contribution >= 4 is 56.3 Å². The van der Waals surface area contributed by atoms with Crippen molar-refractivity contribution in [1.82, 2.24) is 0 Å². The molecule has 0 aliphatic carbocycles. The van der Waals surface area contributed by atoms with E-state index < -0.39 is 0 Å². The molecule has 5 rings (SSSR count). The number of benzene rings is 5. The van der Waals surface area contributed by atoms with Gasteiger partial charge in [0.1, 0.15) is 6.29 Å². The van der Waals surface area contributed by atoms with Crippen LogP contribution >= 0.6 is 15.9 Å². The molecule has 0 amide bonds. The van der Waals surface area contributed by atoms with Gasteiger partial charge >= 0.3 is 0 Å². The number of carbonyl (C=O) groups excluding carboxylic acids is 1. The highest BCUT2D eigenvalue weighted by atomic mass is 79.9. The number of halogens is 1. The molecule has 4 heteroatoms. The van der Waals surface area contributed by atoms with E-state index in [1.54, 1.807) is 0 Å². The summed E-state index contributed by atoms with van der Waals surface area (Å²) in [5, 5.41) is 0. The van der Waals surface area contributed by atoms with Gasteiger partial charge in [0.25, 0.3) is 0 Å². The zero-order valence-electron chi connectivity index (χ0n) is 22.0. The molecule has 0 aromatic heterocycles. The maximum atomic E-state index is 11.2. The van der Waals surface area contributed by atoms with Gasteiger partial charge in [0.2, 0.25) is 0 Å². The molecule has 0 heterocycles. The second-order valence-corrected chi connectivity index (χ2v) is 10.4. The molecule has 3 nitrogen and oxygen atoms in total. The summed E-state index contributed by atoms with van der Waals surface area (Å²) in [7, 11) is 0. The van der Waals surface area contributed by atoms with Crippen molar-refractivity contribution in [2.24, 2.45) is 0 Å². The number of hydrogen-bond donors (Lipinski definition) is 0. The first-order chi connectivity index (χ1) is 19.2. The molecule has 5 aromatic rings. The van der Waals surface area contributed by atoms with Gasteiger partial charge in [-0.15, -0.1) is 0 Å². The molecular formula is C35H31BrN2O. The molecule has 0 atom stereocenters. The molecule has 0 fully saturated rings. The van der Waals surface area contributed by atoms with E-state index in [9.17, 15) is 4.79 Å². The average molecular weight is 576 g/mol. The molecule has 5 aromatic carbocycles. The van der Waals surface area contributed by atoms with Crippen molar-refractivity contribution in [2.75, 3.05) is 9.80 Å². The molecule has 0 N–H and O–H groups in total. The molecule has 0 aliphatic heterocycles. The molecule has 39 heavy (non-hydrogen) atoms. The Labute approximate surface area is 239 Å². The minimum absolute atomic E-state index is 0.657. The summed E-state index contributed by atoms with van der Waals surface area (Å²) in [6.07, 6.45) is 4.38. The van der Waals surface area contributed by atoms with Crippen LogP contribution in [-0.4, -0.2) is 6.29 Å². The summed E-state index contributed by atoms with van der Waals surface area (Å²) >= 11 is 3.55. The number of hydrogen-bond acceptors (Lipinski definition) is 3. The topological polar surface area (TPSA) is 23.6 Å². The highest BCUT2D eigenvalue weighted by Gasteiger charge is 2.16. The van der Waals surface area contributed by atoms with Gasteiger partial charge in [-0.05, 0) is 115 Å². The van der Waals surface area contributed by atoms with Gasteiger partial charge in [-0.1, -0.05) is 59.6 Å². The summed E-state index contributed by atoms with van der Waals surface area (Å²) in [6, 6.07) is 43.9. The quantitative estimate of drug-likeness (QED) is 0.155. The maximum absolute atomic E-state index is 11.2. The lowest BCUT2D eigenvalue weighted by atomic mass is 10.1. The van der Waals surface area contributed by atoms with E-state index in [0.29, 0.717) is 5.56 Å². The summed E-state index contributed by atoms with van der Waals surface area (Å²) in [6.45, 7) is 2.23. The molecule has 0 radical (unpaired) electrons. The van der Waals surface area contributed by atoms with Gasteiger partial charge in [-0.2, -0.15) is 0 Å². The maximum Gasteiger partial charge on any atom is 0.150 e. The molecule has 0 saturated heterocycles. The summed E-state index contributed by atoms with van der Waals surface area (Å²) in [5.74, 6) is 0. The van der Waals surface area contributed by atoms with E-state index in [2.05, 4.69) is 118 Å². The average Bonchev–Trinajstić information content (AvgIpc) is 3.00. The number of rotatable bonds is 10. The van der Waals surface area contributed by atoms with Gasteiger partial charge in [0, 0.05) is 44.2 Å². The zero-order valence-corrected chi connectivity index (χ0v) is 23.6. The number of aldehydes is 1. The third-order valence-corrected chi connectivity index (χ3v) is 7.29. The van der Waals surface area contributed by atoms with E-state index in [-0.39, 0.29) is 0 Å². The molecule has 194 valence electrons. The van der Waals surface area contributed by atoms with Gasteiger partial charge in [0.05, 0.1) is 0 Å². The predicted molar refractivity (Wildman–Crippen MR) is 168 cm³/mol. The second-order valence-electron chi connectivity index (χ2n) is 9.48. The minimum atomic E-state index is 0.657. The fraction of sp³-hybridized carbons (Fsp3) is 0.114. The predicted octanol–water partition coefficient (Wildman–Crippen LogP) is 10.5. The van der Waals surface area contributed by atoms with Crippen molar-refractivity contribution in [3.63, 3.8) is 0 Å². The van der Waals surface area contributed by atoms with E-state index >= 15 is 0 Å².